The van der Waals surface area contributed by atoms with Gasteiger partial charge in [-0.2, -0.15) is 5.10 Å². The normalized spacial score (nSPS) is 24.2. The van der Waals surface area contributed by atoms with E-state index in [9.17, 15) is 4.79 Å². The van der Waals surface area contributed by atoms with Gasteiger partial charge >= 0.3 is 0 Å². The summed E-state index contributed by atoms with van der Waals surface area (Å²) in [6.45, 7) is 2.71. The van der Waals surface area contributed by atoms with Gasteiger partial charge < -0.3 is 10.2 Å². The summed E-state index contributed by atoms with van der Waals surface area (Å²) >= 11 is 0. The summed E-state index contributed by atoms with van der Waals surface area (Å²) in [6, 6.07) is 4.30. The lowest BCUT2D eigenvalue weighted by Gasteiger charge is -2.35. The average molecular weight is 289 g/mol. The maximum atomic E-state index is 12.5. The Balaban J connectivity index is 1.50. The zero-order valence-corrected chi connectivity index (χ0v) is 12.5. The van der Waals surface area contributed by atoms with Crippen molar-refractivity contribution in [3.05, 3.63) is 18.3 Å². The lowest BCUT2D eigenvalue weighted by molar-refractivity contribution is -0.136. The number of nitrogens with zero attached hydrogens (tertiary/aromatic N) is 4. The number of aromatic nitrogens is 2. The largest absolute Gasteiger partial charge is 0.366 e. The maximum Gasteiger partial charge on any atom is 0.239 e. The number of likely N-dealkylation sites (tertiary alicyclic amines) is 2. The summed E-state index contributed by atoms with van der Waals surface area (Å²) in [5, 5.41) is 11.3. The minimum absolute atomic E-state index is 0.106. The second kappa shape index (κ2) is 6.39. The van der Waals surface area contributed by atoms with Crippen LogP contribution in [-0.2, 0) is 4.79 Å². The molecule has 3 rings (SSSR count). The number of hydrogen-bond donors (Lipinski definition) is 1. The Bertz CT molecular complexity index is 472. The van der Waals surface area contributed by atoms with Crippen LogP contribution in [0.4, 0.5) is 5.82 Å². The molecule has 2 aliphatic rings. The summed E-state index contributed by atoms with van der Waals surface area (Å²) in [5.74, 6) is 1.13. The Labute approximate surface area is 125 Å². The van der Waals surface area contributed by atoms with Crippen LogP contribution in [0.15, 0.2) is 18.3 Å². The molecule has 0 unspecified atom stereocenters. The Morgan fingerprint density at radius 2 is 2.10 bits per heavy atom. The second-order valence-corrected chi connectivity index (χ2v) is 5.99. The Morgan fingerprint density at radius 1 is 1.29 bits per heavy atom. The molecule has 2 saturated heterocycles. The van der Waals surface area contributed by atoms with E-state index in [1.807, 2.05) is 17.0 Å². The molecule has 0 aliphatic carbocycles. The molecule has 1 atom stereocenters. The first-order chi connectivity index (χ1) is 10.2. The summed E-state index contributed by atoms with van der Waals surface area (Å²) in [4.78, 5) is 16.7. The predicted molar refractivity (Wildman–Crippen MR) is 80.9 cm³/mol. The SMILES string of the molecule is CN1CCC[C@H]1C(=O)N1CCC(Nc2cccnn2)CC1. The first-order valence-corrected chi connectivity index (χ1v) is 7.77. The van der Waals surface area contributed by atoms with Crippen molar-refractivity contribution in [3.8, 4) is 0 Å². The standard InChI is InChI=1S/C15H23N5O/c1-19-9-3-4-13(19)15(21)20-10-6-12(7-11-20)17-14-5-2-8-16-18-14/h2,5,8,12-13H,3-4,6-7,9-11H2,1H3,(H,17,18)/t13-/m0/s1. The molecule has 1 aromatic rings. The summed E-state index contributed by atoms with van der Waals surface area (Å²) in [7, 11) is 2.05. The van der Waals surface area contributed by atoms with Crippen LogP contribution in [0.1, 0.15) is 25.7 Å². The first-order valence-electron chi connectivity index (χ1n) is 7.77. The van der Waals surface area contributed by atoms with E-state index in [0.29, 0.717) is 11.9 Å². The van der Waals surface area contributed by atoms with Crippen molar-refractivity contribution in [1.82, 2.24) is 20.0 Å². The molecule has 2 aliphatic heterocycles. The van der Waals surface area contributed by atoms with E-state index in [4.69, 9.17) is 0 Å². The molecule has 6 heteroatoms. The number of carbonyl (C=O) groups excluding carboxylic acids is 1. The van der Waals surface area contributed by atoms with E-state index in [1.54, 1.807) is 6.20 Å². The van der Waals surface area contributed by atoms with Crippen molar-refractivity contribution in [2.24, 2.45) is 0 Å². The molecule has 2 fully saturated rings. The van der Waals surface area contributed by atoms with Gasteiger partial charge in [0.15, 0.2) is 0 Å². The number of amides is 1. The average Bonchev–Trinajstić information content (AvgIpc) is 2.94. The lowest BCUT2D eigenvalue weighted by atomic mass is 10.0. The van der Waals surface area contributed by atoms with Crippen LogP contribution in [0.5, 0.6) is 0 Å². The van der Waals surface area contributed by atoms with Crippen molar-refractivity contribution in [3.63, 3.8) is 0 Å². The number of likely N-dealkylation sites (N-methyl/N-ethyl adjacent to an activating group) is 1. The minimum Gasteiger partial charge on any atom is -0.366 e. The third-order valence-corrected chi connectivity index (χ3v) is 4.54. The van der Waals surface area contributed by atoms with Crippen molar-refractivity contribution < 1.29 is 4.79 Å². The summed E-state index contributed by atoms with van der Waals surface area (Å²) in [6.07, 6.45) is 5.76. The molecule has 6 nitrogen and oxygen atoms in total. The molecule has 1 N–H and O–H groups in total. The Hall–Kier alpha value is -1.69. The fraction of sp³-hybridized carbons (Fsp3) is 0.667. The van der Waals surface area contributed by atoms with Gasteiger partial charge in [-0.05, 0) is 51.4 Å². The Morgan fingerprint density at radius 3 is 2.71 bits per heavy atom. The van der Waals surface area contributed by atoms with Gasteiger partial charge in [0.1, 0.15) is 5.82 Å². The molecule has 0 spiro atoms. The molecule has 1 aromatic heterocycles. The topological polar surface area (TPSA) is 61.4 Å². The van der Waals surface area contributed by atoms with Gasteiger partial charge in [0.25, 0.3) is 0 Å². The monoisotopic (exact) mass is 289 g/mol. The molecule has 114 valence electrons. The number of carbonyl (C=O) groups is 1. The maximum absolute atomic E-state index is 12.5. The van der Waals surface area contributed by atoms with Gasteiger partial charge in [-0.15, -0.1) is 5.10 Å². The highest BCUT2D eigenvalue weighted by Crippen LogP contribution is 2.20. The van der Waals surface area contributed by atoms with Crippen LogP contribution in [0, 0.1) is 0 Å². The molecule has 1 amide bonds. The van der Waals surface area contributed by atoms with Gasteiger partial charge in [0.2, 0.25) is 5.91 Å². The molecule has 21 heavy (non-hydrogen) atoms. The van der Waals surface area contributed by atoms with Crippen molar-refractivity contribution >= 4 is 11.7 Å². The van der Waals surface area contributed by atoms with E-state index in [2.05, 4.69) is 27.5 Å². The molecule has 0 bridgehead atoms. The number of nitrogens with one attached hydrogen (secondary N) is 1. The third kappa shape index (κ3) is 3.32. The fourth-order valence-electron chi connectivity index (χ4n) is 3.26. The molecule has 0 radical (unpaired) electrons. The summed E-state index contributed by atoms with van der Waals surface area (Å²) < 4.78 is 0. The van der Waals surface area contributed by atoms with Crippen LogP contribution in [0.3, 0.4) is 0 Å². The van der Waals surface area contributed by atoms with Gasteiger partial charge in [-0.3, -0.25) is 9.69 Å². The molecular formula is C15H23N5O. The first kappa shape index (κ1) is 14.3. The lowest BCUT2D eigenvalue weighted by Crippen LogP contribution is -2.49. The third-order valence-electron chi connectivity index (χ3n) is 4.54. The molecule has 3 heterocycles. The van der Waals surface area contributed by atoms with E-state index in [1.165, 1.54) is 0 Å². The summed E-state index contributed by atoms with van der Waals surface area (Å²) in [5.41, 5.74) is 0. The smallest absolute Gasteiger partial charge is 0.239 e. The van der Waals surface area contributed by atoms with Gasteiger partial charge in [-0.25, -0.2) is 0 Å². The predicted octanol–water partition coefficient (Wildman–Crippen LogP) is 0.974. The zero-order valence-electron chi connectivity index (χ0n) is 12.5. The zero-order chi connectivity index (χ0) is 14.7. The highest BCUT2D eigenvalue weighted by molar-refractivity contribution is 5.82. The molecular weight excluding hydrogens is 266 g/mol. The van der Waals surface area contributed by atoms with Crippen molar-refractivity contribution in [1.29, 1.82) is 0 Å². The molecule has 0 saturated carbocycles. The van der Waals surface area contributed by atoms with E-state index < -0.39 is 0 Å². The van der Waals surface area contributed by atoms with Crippen LogP contribution in [0.25, 0.3) is 0 Å². The minimum atomic E-state index is 0.106. The second-order valence-electron chi connectivity index (χ2n) is 5.99. The van der Waals surface area contributed by atoms with Gasteiger partial charge in [0.05, 0.1) is 6.04 Å². The van der Waals surface area contributed by atoms with Crippen LogP contribution < -0.4 is 5.32 Å². The highest BCUT2D eigenvalue weighted by Gasteiger charge is 2.33. The van der Waals surface area contributed by atoms with Crippen LogP contribution in [0.2, 0.25) is 0 Å². The van der Waals surface area contributed by atoms with Crippen LogP contribution >= 0.6 is 0 Å². The van der Waals surface area contributed by atoms with E-state index in [0.717, 1.165) is 51.1 Å². The van der Waals surface area contributed by atoms with Crippen molar-refractivity contribution in [2.75, 3.05) is 32.0 Å². The van der Waals surface area contributed by atoms with E-state index >= 15 is 0 Å². The number of anilines is 1. The number of rotatable bonds is 3. The fourth-order valence-corrected chi connectivity index (χ4v) is 3.26. The molecule has 0 aromatic carbocycles. The quantitative estimate of drug-likeness (QED) is 0.898. The highest BCUT2D eigenvalue weighted by atomic mass is 16.2. The number of hydrogen-bond acceptors (Lipinski definition) is 5. The van der Waals surface area contributed by atoms with Gasteiger partial charge in [0, 0.05) is 25.3 Å². The number of piperidine rings is 1. The Kier molecular flexibility index (Phi) is 4.34. The van der Waals surface area contributed by atoms with E-state index in [-0.39, 0.29) is 6.04 Å². The van der Waals surface area contributed by atoms with Gasteiger partial charge in [-0.1, -0.05) is 0 Å². The van der Waals surface area contributed by atoms with Crippen LogP contribution in [-0.4, -0.2) is 64.7 Å². The van der Waals surface area contributed by atoms with Crippen molar-refractivity contribution in [2.45, 2.75) is 37.8 Å².